The maximum atomic E-state index is 13.3. The van der Waals surface area contributed by atoms with Crippen LogP contribution in [0.2, 0.25) is 0 Å². The normalized spacial score (nSPS) is 16.5. The Bertz CT molecular complexity index is 1010. The maximum Gasteiger partial charge on any atom is 0.336 e. The first-order chi connectivity index (χ1) is 14.4. The van der Waals surface area contributed by atoms with Crippen LogP contribution in [0.15, 0.2) is 59.8 Å². The summed E-state index contributed by atoms with van der Waals surface area (Å²) in [5.74, 6) is -2.94. The summed E-state index contributed by atoms with van der Waals surface area (Å²) in [7, 11) is 1.22. The molecule has 2 amide bonds. The van der Waals surface area contributed by atoms with Gasteiger partial charge in [0.15, 0.2) is 0 Å². The maximum absolute atomic E-state index is 13.3. The molecule has 1 heterocycles. The van der Waals surface area contributed by atoms with Gasteiger partial charge in [-0.2, -0.15) is 0 Å². The number of hydrogen-bond donors (Lipinski definition) is 1. The molecule has 7 heteroatoms. The highest BCUT2D eigenvalue weighted by atomic mass is 19.1. The van der Waals surface area contributed by atoms with E-state index in [4.69, 9.17) is 4.74 Å². The molecule has 156 valence electrons. The second kappa shape index (κ2) is 8.90. The number of carbonyl (C=O) groups excluding carboxylic acids is 3. The van der Waals surface area contributed by atoms with E-state index < -0.39 is 23.6 Å². The molecule has 1 N–H and O–H groups in total. The van der Waals surface area contributed by atoms with E-state index in [0.29, 0.717) is 11.4 Å². The van der Waals surface area contributed by atoms with Gasteiger partial charge in [0, 0.05) is 23.5 Å². The van der Waals surface area contributed by atoms with Crippen LogP contribution in [-0.4, -0.2) is 24.9 Å². The molecule has 0 fully saturated rings. The monoisotopic (exact) mass is 410 g/mol. The summed E-state index contributed by atoms with van der Waals surface area (Å²) < 4.78 is 18.2. The van der Waals surface area contributed by atoms with Crippen molar-refractivity contribution < 1.29 is 23.5 Å². The van der Waals surface area contributed by atoms with E-state index in [-0.39, 0.29) is 23.6 Å². The van der Waals surface area contributed by atoms with E-state index in [1.54, 1.807) is 19.1 Å². The summed E-state index contributed by atoms with van der Waals surface area (Å²) in [6, 6.07) is 12.7. The van der Waals surface area contributed by atoms with Gasteiger partial charge in [0.25, 0.3) is 0 Å². The smallest absolute Gasteiger partial charge is 0.336 e. The molecule has 6 nitrogen and oxygen atoms in total. The zero-order valence-electron chi connectivity index (χ0n) is 17.1. The fourth-order valence-electron chi connectivity index (χ4n) is 3.65. The molecule has 0 aromatic heterocycles. The Kier molecular flexibility index (Phi) is 6.30. The Balaban J connectivity index is 2.00. The van der Waals surface area contributed by atoms with Crippen LogP contribution in [0.5, 0.6) is 0 Å². The Morgan fingerprint density at radius 3 is 2.47 bits per heavy atom. The van der Waals surface area contributed by atoms with Gasteiger partial charge in [0.05, 0.1) is 18.6 Å². The van der Waals surface area contributed by atoms with Crippen molar-refractivity contribution in [2.75, 3.05) is 17.3 Å². The summed E-state index contributed by atoms with van der Waals surface area (Å²) in [4.78, 5) is 39.8. The SMILES string of the molecule is CCc1ccccc1NC(=O)C1CC(=O)N(c2ccc(F)cc2)C(C)=C1C(=O)OC. The van der Waals surface area contributed by atoms with E-state index in [2.05, 4.69) is 5.32 Å². The van der Waals surface area contributed by atoms with Crippen LogP contribution in [0.4, 0.5) is 15.8 Å². The van der Waals surface area contributed by atoms with E-state index in [1.165, 1.54) is 36.3 Å². The Hall–Kier alpha value is -3.48. The van der Waals surface area contributed by atoms with Crippen molar-refractivity contribution in [1.82, 2.24) is 0 Å². The highest BCUT2D eigenvalue weighted by Crippen LogP contribution is 2.34. The van der Waals surface area contributed by atoms with Crippen LogP contribution in [0.1, 0.15) is 25.8 Å². The lowest BCUT2D eigenvalue weighted by Gasteiger charge is -2.33. The lowest BCUT2D eigenvalue weighted by Crippen LogP contribution is -2.43. The topological polar surface area (TPSA) is 75.7 Å². The van der Waals surface area contributed by atoms with Crippen molar-refractivity contribution in [3.8, 4) is 0 Å². The first-order valence-corrected chi connectivity index (χ1v) is 9.63. The number of rotatable bonds is 5. The summed E-state index contributed by atoms with van der Waals surface area (Å²) in [6.07, 6.45) is 0.510. The molecular formula is C23H23FN2O4. The molecule has 2 aromatic rings. The van der Waals surface area contributed by atoms with Crippen LogP contribution in [0.3, 0.4) is 0 Å². The van der Waals surface area contributed by atoms with Crippen LogP contribution < -0.4 is 10.2 Å². The molecule has 0 bridgehead atoms. The van der Waals surface area contributed by atoms with Crippen LogP contribution in [-0.2, 0) is 25.5 Å². The van der Waals surface area contributed by atoms with Gasteiger partial charge >= 0.3 is 5.97 Å². The molecule has 1 unspecified atom stereocenters. The van der Waals surface area contributed by atoms with Gasteiger partial charge in [0.1, 0.15) is 5.82 Å². The number of benzene rings is 2. The van der Waals surface area contributed by atoms with Crippen molar-refractivity contribution in [3.05, 3.63) is 71.2 Å². The van der Waals surface area contributed by atoms with Crippen molar-refractivity contribution in [2.24, 2.45) is 5.92 Å². The lowest BCUT2D eigenvalue weighted by atomic mass is 9.88. The summed E-state index contributed by atoms with van der Waals surface area (Å²) in [5, 5.41) is 2.84. The standard InChI is InChI=1S/C23H23FN2O4/c1-4-15-7-5-6-8-19(15)25-22(28)18-13-20(27)26(14(2)21(18)23(29)30-3)17-11-9-16(24)10-12-17/h5-12,18H,4,13H2,1-3H3,(H,25,28). The first kappa shape index (κ1) is 21.2. The minimum absolute atomic E-state index is 0.105. The number of para-hydroxylation sites is 1. The highest BCUT2D eigenvalue weighted by Gasteiger charge is 2.40. The van der Waals surface area contributed by atoms with Crippen LogP contribution >= 0.6 is 0 Å². The number of amides is 2. The van der Waals surface area contributed by atoms with Crippen molar-refractivity contribution >= 4 is 29.2 Å². The summed E-state index contributed by atoms with van der Waals surface area (Å²) in [6.45, 7) is 3.55. The molecule has 1 atom stereocenters. The molecule has 2 aromatic carbocycles. The lowest BCUT2D eigenvalue weighted by molar-refractivity contribution is -0.138. The molecule has 0 saturated heterocycles. The zero-order valence-corrected chi connectivity index (χ0v) is 17.1. The summed E-state index contributed by atoms with van der Waals surface area (Å²) in [5.41, 5.74) is 2.39. The van der Waals surface area contributed by atoms with E-state index in [9.17, 15) is 18.8 Å². The fourth-order valence-corrected chi connectivity index (χ4v) is 3.65. The fraction of sp³-hybridized carbons (Fsp3) is 0.261. The predicted molar refractivity (Wildman–Crippen MR) is 111 cm³/mol. The molecule has 30 heavy (non-hydrogen) atoms. The average Bonchev–Trinajstić information content (AvgIpc) is 2.74. The Morgan fingerprint density at radius 2 is 1.83 bits per heavy atom. The third-order valence-electron chi connectivity index (χ3n) is 5.16. The number of aryl methyl sites for hydroxylation is 1. The number of methoxy groups -OCH3 is 1. The number of esters is 1. The van der Waals surface area contributed by atoms with Crippen molar-refractivity contribution in [1.29, 1.82) is 0 Å². The van der Waals surface area contributed by atoms with E-state index >= 15 is 0 Å². The van der Waals surface area contributed by atoms with E-state index in [0.717, 1.165) is 12.0 Å². The quantitative estimate of drug-likeness (QED) is 0.761. The van der Waals surface area contributed by atoms with Crippen LogP contribution in [0, 0.1) is 11.7 Å². The van der Waals surface area contributed by atoms with Gasteiger partial charge in [-0.25, -0.2) is 9.18 Å². The first-order valence-electron chi connectivity index (χ1n) is 9.63. The molecule has 3 rings (SSSR count). The van der Waals surface area contributed by atoms with E-state index in [1.807, 2.05) is 19.1 Å². The zero-order chi connectivity index (χ0) is 21.8. The number of allylic oxidation sites excluding steroid dienone is 1. The van der Waals surface area contributed by atoms with Gasteiger partial charge in [-0.3, -0.25) is 14.5 Å². The predicted octanol–water partition coefficient (Wildman–Crippen LogP) is 3.83. The van der Waals surface area contributed by atoms with Gasteiger partial charge in [-0.1, -0.05) is 25.1 Å². The molecule has 1 aliphatic rings. The minimum Gasteiger partial charge on any atom is -0.466 e. The number of ether oxygens (including phenoxy) is 1. The van der Waals surface area contributed by atoms with Gasteiger partial charge in [-0.15, -0.1) is 0 Å². The third kappa shape index (κ3) is 4.10. The number of nitrogens with one attached hydrogen (secondary N) is 1. The largest absolute Gasteiger partial charge is 0.466 e. The molecular weight excluding hydrogens is 387 g/mol. The van der Waals surface area contributed by atoms with Gasteiger partial charge in [0.2, 0.25) is 11.8 Å². The molecule has 0 radical (unpaired) electrons. The minimum atomic E-state index is -0.994. The number of nitrogens with zero attached hydrogens (tertiary/aromatic N) is 1. The van der Waals surface area contributed by atoms with Crippen molar-refractivity contribution in [3.63, 3.8) is 0 Å². The number of carbonyl (C=O) groups is 3. The van der Waals surface area contributed by atoms with Gasteiger partial charge < -0.3 is 10.1 Å². The average molecular weight is 410 g/mol. The molecule has 1 aliphatic heterocycles. The Labute approximate surface area is 174 Å². The van der Waals surface area contributed by atoms with Gasteiger partial charge in [-0.05, 0) is 49.2 Å². The second-order valence-electron chi connectivity index (χ2n) is 6.95. The highest BCUT2D eigenvalue weighted by molar-refractivity contribution is 6.10. The summed E-state index contributed by atoms with van der Waals surface area (Å²) >= 11 is 0. The number of hydrogen-bond acceptors (Lipinski definition) is 4. The Morgan fingerprint density at radius 1 is 1.17 bits per heavy atom. The van der Waals surface area contributed by atoms with Crippen LogP contribution in [0.25, 0.3) is 0 Å². The van der Waals surface area contributed by atoms with Crippen molar-refractivity contribution in [2.45, 2.75) is 26.7 Å². The third-order valence-corrected chi connectivity index (χ3v) is 5.16. The molecule has 0 saturated carbocycles. The number of anilines is 2. The second-order valence-corrected chi connectivity index (χ2v) is 6.95. The number of halogens is 1. The molecule has 0 spiro atoms. The molecule has 0 aliphatic carbocycles.